The van der Waals surface area contributed by atoms with Gasteiger partial charge in [-0.15, -0.1) is 0 Å². The molecule has 1 fully saturated rings. The van der Waals surface area contributed by atoms with Gasteiger partial charge in [0.15, 0.2) is 0 Å². The van der Waals surface area contributed by atoms with Crippen LogP contribution in [0.3, 0.4) is 0 Å². The number of ketones is 1. The van der Waals surface area contributed by atoms with Gasteiger partial charge >= 0.3 is 0 Å². The van der Waals surface area contributed by atoms with Gasteiger partial charge in [-0.3, -0.25) is 52.7 Å². The molecular weight excluding hydrogens is 1080 g/mol. The Morgan fingerprint density at radius 2 is 1.15 bits per heavy atom. The zero-order chi connectivity index (χ0) is 64.6. The third-order valence-electron chi connectivity index (χ3n) is 14.7. The highest BCUT2D eigenvalue weighted by Crippen LogP contribution is 2.22. The lowest BCUT2D eigenvalue weighted by molar-refractivity contribution is -0.140. The van der Waals surface area contributed by atoms with Gasteiger partial charge in [0.25, 0.3) is 0 Å². The highest BCUT2D eigenvalue weighted by molar-refractivity contribution is 6.00. The van der Waals surface area contributed by atoms with E-state index in [4.69, 9.17) is 0 Å². The summed E-state index contributed by atoms with van der Waals surface area (Å²) in [6, 6.07) is -6.59. The number of amides is 10. The van der Waals surface area contributed by atoms with Gasteiger partial charge in [-0.05, 0) is 130 Å². The zero-order valence-electron chi connectivity index (χ0n) is 53.7. The van der Waals surface area contributed by atoms with E-state index in [1.54, 1.807) is 40.8 Å². The molecule has 1 aliphatic rings. The van der Waals surface area contributed by atoms with E-state index in [-0.39, 0.29) is 92.9 Å². The first-order chi connectivity index (χ1) is 38.8. The molecule has 1 aliphatic heterocycles. The number of likely N-dealkylation sites (N-methyl/N-ethyl adjacent to an activating group) is 1. The van der Waals surface area contributed by atoms with Crippen LogP contribution in [0.25, 0.3) is 0 Å². The van der Waals surface area contributed by atoms with Crippen molar-refractivity contribution in [2.75, 3.05) is 26.7 Å². The Hall–Kier alpha value is -6.01. The molecule has 0 aromatic rings. The third-order valence-corrected chi connectivity index (χ3v) is 14.7. The van der Waals surface area contributed by atoms with Crippen molar-refractivity contribution in [1.82, 2.24) is 58.1 Å². The first-order valence-electron chi connectivity index (χ1n) is 30.1. The van der Waals surface area contributed by atoms with Crippen LogP contribution in [-0.2, 0) is 52.7 Å². The molecule has 0 radical (unpaired) electrons. The molecule has 0 bridgehead atoms. The number of hydrogen-bond donors (Lipinski definition) is 12. The molecule has 1 heterocycles. The van der Waals surface area contributed by atoms with E-state index in [1.807, 2.05) is 48.5 Å². The van der Waals surface area contributed by atoms with Crippen molar-refractivity contribution < 1.29 is 63.0 Å². The van der Waals surface area contributed by atoms with Crippen molar-refractivity contribution in [2.24, 2.45) is 29.6 Å². The molecule has 0 saturated carbocycles. The van der Waals surface area contributed by atoms with E-state index < -0.39 is 118 Å². The molecule has 10 atom stereocenters. The lowest BCUT2D eigenvalue weighted by Gasteiger charge is -2.34. The highest BCUT2D eigenvalue weighted by Gasteiger charge is 2.43. The smallest absolute Gasteiger partial charge is 0.246 e. The summed E-state index contributed by atoms with van der Waals surface area (Å²) in [5.74, 6) is -8.19. The maximum Gasteiger partial charge on any atom is 0.246 e. The van der Waals surface area contributed by atoms with E-state index in [0.29, 0.717) is 25.9 Å². The Morgan fingerprint density at radius 1 is 0.619 bits per heavy atom. The van der Waals surface area contributed by atoms with Gasteiger partial charge in [0.1, 0.15) is 52.6 Å². The molecule has 0 aromatic heterocycles. The second-order valence-corrected chi connectivity index (χ2v) is 25.7. The summed E-state index contributed by atoms with van der Waals surface area (Å²) in [7, 11) is 1.76. The minimum atomic E-state index is -1.82. The van der Waals surface area contributed by atoms with Gasteiger partial charge in [-0.1, -0.05) is 81.7 Å². The van der Waals surface area contributed by atoms with Crippen molar-refractivity contribution >= 4 is 64.9 Å². The van der Waals surface area contributed by atoms with Gasteiger partial charge in [-0.25, -0.2) is 0 Å². The summed E-state index contributed by atoms with van der Waals surface area (Å²) in [5.41, 5.74) is -4.92. The van der Waals surface area contributed by atoms with Crippen LogP contribution in [-0.4, -0.2) is 172 Å². The van der Waals surface area contributed by atoms with Crippen molar-refractivity contribution in [1.29, 1.82) is 0 Å². The van der Waals surface area contributed by atoms with E-state index in [9.17, 15) is 63.0 Å². The number of hydrogen-bond acceptors (Lipinski definition) is 14. The fourth-order valence-electron chi connectivity index (χ4n) is 9.30. The number of carbonyl (C=O) groups is 11. The molecule has 0 spiro atoms. The molecular formula is C60H107N11O13. The van der Waals surface area contributed by atoms with Crippen molar-refractivity contribution in [2.45, 2.75) is 247 Å². The van der Waals surface area contributed by atoms with Crippen LogP contribution in [0.15, 0.2) is 12.2 Å². The predicted octanol–water partition coefficient (Wildman–Crippen LogP) is 1.69. The quantitative estimate of drug-likeness (QED) is 0.0394. The first kappa shape index (κ1) is 76.0. The molecule has 480 valence electrons. The predicted molar refractivity (Wildman–Crippen MR) is 321 cm³/mol. The standard InChI is InChI=1S/C60H107N11O13/c1-19-37(9)23-24-47(75)71-27-21-22-45(71)53(80)65-44(31-38(10)30-41(73)32-40(72)20-2)51(78)67-48(49(76)36(7)8)54(81)69-59(14,15)56(83)66-42(28-34(3)4)50(77)64-43(29-35(5)6)52(79)68-60(16,17)57(84)70-58(12,13)55(82)62-26-25-46(74)63-39(11)33-61-18/h23-24,34-39,41-45,48-49,61,73,76H,19-22,25-33H2,1-18H3,(H,62,82)(H,63,74)(H,64,77)(H,65,80)(H,66,83)(H,67,78)(H,68,79)(H,69,81)(H,70,84)/b24-23+/t37-,38?,39?,41?,42?,43?,44?,45?,48?,49?/m1/s1. The number of likely N-dealkylation sites (tertiary alicyclic amines) is 1. The lowest BCUT2D eigenvalue weighted by Crippen LogP contribution is -2.66. The number of nitrogens with one attached hydrogen (secondary N) is 10. The molecule has 10 amide bonds. The topological polar surface area (TPSA) is 352 Å². The Morgan fingerprint density at radius 3 is 1.70 bits per heavy atom. The molecule has 24 heteroatoms. The summed E-state index contributed by atoms with van der Waals surface area (Å²) in [6.07, 6.45) is 2.62. The molecule has 0 aliphatic carbocycles. The number of Topliss-reactive ketones (excluding diaryl/α,β-unsaturated/α-hetero) is 1. The second-order valence-electron chi connectivity index (χ2n) is 25.7. The van der Waals surface area contributed by atoms with Gasteiger partial charge in [0.2, 0.25) is 59.1 Å². The summed E-state index contributed by atoms with van der Waals surface area (Å²) < 4.78 is 0. The van der Waals surface area contributed by atoms with Crippen molar-refractivity contribution in [3.8, 4) is 0 Å². The number of allylic oxidation sites excluding steroid dienone is 1. The van der Waals surface area contributed by atoms with Gasteiger partial charge in [-0.2, -0.15) is 0 Å². The van der Waals surface area contributed by atoms with E-state index in [0.717, 1.165) is 6.42 Å². The average molecular weight is 1190 g/mol. The Bertz CT molecular complexity index is 2270. The van der Waals surface area contributed by atoms with Crippen LogP contribution >= 0.6 is 0 Å². The van der Waals surface area contributed by atoms with Crippen LogP contribution in [0, 0.1) is 29.6 Å². The number of nitrogens with zero attached hydrogens (tertiary/aromatic N) is 1. The first-order valence-corrected chi connectivity index (χ1v) is 30.1. The molecule has 9 unspecified atom stereocenters. The van der Waals surface area contributed by atoms with E-state index in [1.165, 1.54) is 52.5 Å². The summed E-state index contributed by atoms with van der Waals surface area (Å²) in [6.45, 7) is 29.1. The summed E-state index contributed by atoms with van der Waals surface area (Å²) >= 11 is 0. The third kappa shape index (κ3) is 26.5. The van der Waals surface area contributed by atoms with E-state index in [2.05, 4.69) is 53.2 Å². The van der Waals surface area contributed by atoms with Gasteiger partial charge in [0.05, 0.1) is 12.2 Å². The number of aliphatic hydroxyl groups is 2. The number of carbonyl (C=O) groups excluding carboxylic acids is 11. The maximum atomic E-state index is 14.5. The number of aliphatic hydroxyl groups excluding tert-OH is 2. The Labute approximate surface area is 499 Å². The molecule has 1 rings (SSSR count). The molecule has 12 N–H and O–H groups in total. The normalized spacial score (nSPS) is 17.2. The average Bonchev–Trinajstić information content (AvgIpc) is 4.04. The second kappa shape index (κ2) is 35.4. The van der Waals surface area contributed by atoms with Crippen LogP contribution in [0.5, 0.6) is 0 Å². The minimum Gasteiger partial charge on any atom is -0.393 e. The molecule has 24 nitrogen and oxygen atoms in total. The van der Waals surface area contributed by atoms with Crippen LogP contribution < -0.4 is 53.2 Å². The van der Waals surface area contributed by atoms with Gasteiger partial charge in [0, 0.05) is 44.9 Å². The lowest BCUT2D eigenvalue weighted by atomic mass is 9.92. The molecule has 0 aromatic carbocycles. The number of rotatable bonds is 37. The maximum absolute atomic E-state index is 14.5. The largest absolute Gasteiger partial charge is 0.393 e. The van der Waals surface area contributed by atoms with Crippen LogP contribution in [0.2, 0.25) is 0 Å². The SMILES string of the molecule is CCC(=O)CC(O)CC(C)CC(NC(=O)C1CCCN1C(=O)/C=C/[C@H](C)CC)C(=O)NC(C(=O)NC(C)(C)C(=O)NC(CC(C)C)C(=O)NC(CC(C)C)C(=O)NC(C)(C)C(=O)NC(C)(C)C(=O)NCCC(=O)NC(C)CNC)C(O)C(C)C. The Balaban J connectivity index is 3.42. The zero-order valence-corrected chi connectivity index (χ0v) is 53.7. The minimum absolute atomic E-state index is 0.00507. The van der Waals surface area contributed by atoms with Gasteiger partial charge < -0.3 is 68.3 Å². The van der Waals surface area contributed by atoms with E-state index >= 15 is 0 Å². The Kier molecular flexibility index (Phi) is 32.1. The fourth-order valence-corrected chi connectivity index (χ4v) is 9.30. The fraction of sp³-hybridized carbons (Fsp3) is 0.783. The molecule has 84 heavy (non-hydrogen) atoms. The van der Waals surface area contributed by atoms with Crippen LogP contribution in [0.4, 0.5) is 0 Å². The van der Waals surface area contributed by atoms with Crippen molar-refractivity contribution in [3.05, 3.63) is 12.2 Å². The van der Waals surface area contributed by atoms with Crippen LogP contribution in [0.1, 0.15) is 182 Å². The molecule has 1 saturated heterocycles. The van der Waals surface area contributed by atoms with Crippen molar-refractivity contribution in [3.63, 3.8) is 0 Å². The highest BCUT2D eigenvalue weighted by atomic mass is 16.3. The summed E-state index contributed by atoms with van der Waals surface area (Å²) in [4.78, 5) is 152. The summed E-state index contributed by atoms with van der Waals surface area (Å²) in [5, 5.41) is 49.5. The monoisotopic (exact) mass is 1190 g/mol.